The Balaban J connectivity index is 1.39. The molecule has 1 saturated heterocycles. The summed E-state index contributed by atoms with van der Waals surface area (Å²) in [6, 6.07) is 7.09. The van der Waals surface area contributed by atoms with Gasteiger partial charge < -0.3 is 20.5 Å². The maximum absolute atomic E-state index is 13.4. The topological polar surface area (TPSA) is 136 Å². The Hall–Kier alpha value is -3.51. The number of aliphatic hydroxyl groups is 1. The van der Waals surface area contributed by atoms with Crippen LogP contribution in [0.15, 0.2) is 53.8 Å². The maximum atomic E-state index is 13.4. The molecular weight excluding hydrogens is 545 g/mol. The number of rotatable bonds is 8. The van der Waals surface area contributed by atoms with Crippen molar-refractivity contribution in [2.24, 2.45) is 0 Å². The first-order valence-electron chi connectivity index (χ1n) is 12.5. The van der Waals surface area contributed by atoms with Gasteiger partial charge in [0.25, 0.3) is 5.56 Å². The normalized spacial score (nSPS) is 15.7. The summed E-state index contributed by atoms with van der Waals surface area (Å²) in [5.41, 5.74) is 1.51. The van der Waals surface area contributed by atoms with Crippen LogP contribution < -0.4 is 16.2 Å². The van der Waals surface area contributed by atoms with Gasteiger partial charge in [0, 0.05) is 36.0 Å². The third kappa shape index (κ3) is 5.91. The van der Waals surface area contributed by atoms with Crippen molar-refractivity contribution >= 4 is 40.6 Å². The molecule has 0 bridgehead atoms. The SMILES string of the molecule is C[C@H](C(=O)NC(CO)c1cccc(Cl)c1)n1cnn2cc(-c3nc(NC4CCOCC4)ncc3Cl)cc2c1=O. The molecule has 1 amide bonds. The second kappa shape index (κ2) is 11.7. The number of carbonyl (C=O) groups is 1. The highest BCUT2D eigenvalue weighted by molar-refractivity contribution is 6.33. The number of carbonyl (C=O) groups excluding carboxylic acids is 1. The Morgan fingerprint density at radius 1 is 1.26 bits per heavy atom. The Morgan fingerprint density at radius 3 is 2.79 bits per heavy atom. The number of fused-ring (bicyclic) bond motifs is 1. The minimum atomic E-state index is -0.903. The molecular formula is C26H27Cl2N7O4. The zero-order chi connectivity index (χ0) is 27.5. The van der Waals surface area contributed by atoms with Crippen molar-refractivity contribution in [3.05, 3.63) is 75.0 Å². The van der Waals surface area contributed by atoms with Crippen LogP contribution in [-0.2, 0) is 9.53 Å². The number of hydrogen-bond donors (Lipinski definition) is 3. The quantitative estimate of drug-likeness (QED) is 0.293. The van der Waals surface area contributed by atoms with Gasteiger partial charge in [0.1, 0.15) is 17.9 Å². The van der Waals surface area contributed by atoms with Gasteiger partial charge in [-0.1, -0.05) is 35.3 Å². The van der Waals surface area contributed by atoms with Crippen molar-refractivity contribution in [3.8, 4) is 11.3 Å². The highest BCUT2D eigenvalue weighted by Crippen LogP contribution is 2.28. The summed E-state index contributed by atoms with van der Waals surface area (Å²) >= 11 is 12.5. The molecule has 0 saturated carbocycles. The van der Waals surface area contributed by atoms with Crippen LogP contribution in [0.5, 0.6) is 0 Å². The van der Waals surface area contributed by atoms with Crippen LogP contribution in [0.3, 0.4) is 0 Å². The second-order valence-electron chi connectivity index (χ2n) is 9.30. The first-order chi connectivity index (χ1) is 18.8. The molecule has 0 spiro atoms. The van der Waals surface area contributed by atoms with E-state index in [1.807, 2.05) is 0 Å². The van der Waals surface area contributed by atoms with Crippen LogP contribution in [0, 0.1) is 0 Å². The smallest absolute Gasteiger partial charge is 0.278 e. The molecule has 0 aliphatic carbocycles. The molecule has 5 rings (SSSR count). The van der Waals surface area contributed by atoms with Crippen LogP contribution >= 0.6 is 23.2 Å². The van der Waals surface area contributed by atoms with E-state index in [1.54, 1.807) is 43.5 Å². The standard InChI is InChI=1S/C26H27Cl2N7O4/c1-15(24(37)32-21(13-36)16-3-2-4-18(27)9-16)34-14-30-35-12-17(10-22(35)25(34)38)23-20(28)11-29-26(33-23)31-19-5-7-39-8-6-19/h2-4,9-12,14-15,19,21,36H,5-8,13H2,1H3,(H,32,37)(H,29,31,33)/t15-,21?/m1/s1. The maximum Gasteiger partial charge on any atom is 0.278 e. The molecule has 1 aromatic carbocycles. The van der Waals surface area contributed by atoms with Gasteiger partial charge in [0.2, 0.25) is 11.9 Å². The van der Waals surface area contributed by atoms with E-state index in [4.69, 9.17) is 27.9 Å². The number of amides is 1. The van der Waals surface area contributed by atoms with Gasteiger partial charge in [-0.15, -0.1) is 0 Å². The number of nitrogens with zero attached hydrogens (tertiary/aromatic N) is 5. The molecule has 0 radical (unpaired) electrons. The summed E-state index contributed by atoms with van der Waals surface area (Å²) in [6.45, 7) is 2.61. The van der Waals surface area contributed by atoms with Gasteiger partial charge in [-0.05, 0) is 43.5 Å². The Bertz CT molecular complexity index is 1550. The van der Waals surface area contributed by atoms with E-state index >= 15 is 0 Å². The van der Waals surface area contributed by atoms with E-state index in [0.717, 1.165) is 12.8 Å². The van der Waals surface area contributed by atoms with Crippen molar-refractivity contribution in [3.63, 3.8) is 0 Å². The number of aliphatic hydroxyl groups excluding tert-OH is 1. The van der Waals surface area contributed by atoms with E-state index in [1.165, 1.54) is 21.6 Å². The van der Waals surface area contributed by atoms with Gasteiger partial charge >= 0.3 is 0 Å². The van der Waals surface area contributed by atoms with Crippen LogP contribution in [0.25, 0.3) is 16.8 Å². The summed E-state index contributed by atoms with van der Waals surface area (Å²) in [4.78, 5) is 35.3. The monoisotopic (exact) mass is 571 g/mol. The van der Waals surface area contributed by atoms with Gasteiger partial charge in [-0.2, -0.15) is 5.10 Å². The largest absolute Gasteiger partial charge is 0.394 e. The lowest BCUT2D eigenvalue weighted by atomic mass is 10.1. The number of nitrogens with one attached hydrogen (secondary N) is 2. The Kier molecular flexibility index (Phi) is 8.12. The number of hydrogen-bond acceptors (Lipinski definition) is 8. The summed E-state index contributed by atoms with van der Waals surface area (Å²) < 4.78 is 8.06. The van der Waals surface area contributed by atoms with Crippen LogP contribution in [0.1, 0.15) is 37.4 Å². The predicted octanol–water partition coefficient (Wildman–Crippen LogP) is 3.26. The number of halogens is 2. The van der Waals surface area contributed by atoms with Gasteiger partial charge in [-0.3, -0.25) is 14.2 Å². The van der Waals surface area contributed by atoms with E-state index in [-0.39, 0.29) is 18.2 Å². The van der Waals surface area contributed by atoms with Crippen LogP contribution in [0.4, 0.5) is 5.95 Å². The molecule has 13 heteroatoms. The fraction of sp³-hybridized carbons (Fsp3) is 0.346. The molecule has 1 unspecified atom stereocenters. The molecule has 3 aromatic heterocycles. The first-order valence-corrected chi connectivity index (χ1v) is 13.2. The molecule has 11 nitrogen and oxygen atoms in total. The van der Waals surface area contributed by atoms with E-state index < -0.39 is 23.6 Å². The van der Waals surface area contributed by atoms with Crippen molar-refractivity contribution in [1.82, 2.24) is 29.5 Å². The number of anilines is 1. The molecule has 4 aromatic rings. The zero-order valence-corrected chi connectivity index (χ0v) is 22.6. The Labute approximate surface area is 233 Å². The molecule has 39 heavy (non-hydrogen) atoms. The molecule has 1 aliphatic rings. The summed E-state index contributed by atoms with van der Waals surface area (Å²) in [7, 11) is 0. The van der Waals surface area contributed by atoms with Gasteiger partial charge in [-0.25, -0.2) is 14.5 Å². The Morgan fingerprint density at radius 2 is 2.05 bits per heavy atom. The van der Waals surface area contributed by atoms with E-state index in [2.05, 4.69) is 25.7 Å². The first kappa shape index (κ1) is 27.1. The minimum Gasteiger partial charge on any atom is -0.394 e. The third-order valence-corrected chi connectivity index (χ3v) is 7.19. The number of ether oxygens (including phenoxy) is 1. The molecule has 1 aliphatic heterocycles. The average molecular weight is 572 g/mol. The van der Waals surface area contributed by atoms with Crippen molar-refractivity contribution < 1.29 is 14.6 Å². The van der Waals surface area contributed by atoms with Crippen molar-refractivity contribution in [2.45, 2.75) is 37.9 Å². The summed E-state index contributed by atoms with van der Waals surface area (Å²) in [5, 5.41) is 21.1. The fourth-order valence-electron chi connectivity index (χ4n) is 4.45. The molecule has 204 valence electrons. The lowest BCUT2D eigenvalue weighted by Crippen LogP contribution is -2.39. The molecule has 2 atom stereocenters. The molecule has 3 N–H and O–H groups in total. The number of benzene rings is 1. The van der Waals surface area contributed by atoms with E-state index in [9.17, 15) is 14.7 Å². The molecule has 4 heterocycles. The van der Waals surface area contributed by atoms with Crippen LogP contribution in [-0.4, -0.2) is 61.0 Å². The van der Waals surface area contributed by atoms with Crippen LogP contribution in [0.2, 0.25) is 10.0 Å². The van der Waals surface area contributed by atoms with Crippen molar-refractivity contribution in [1.29, 1.82) is 0 Å². The number of aromatic nitrogens is 5. The van der Waals surface area contributed by atoms with Crippen molar-refractivity contribution in [2.75, 3.05) is 25.1 Å². The van der Waals surface area contributed by atoms with Gasteiger partial charge in [0.05, 0.1) is 29.6 Å². The lowest BCUT2D eigenvalue weighted by molar-refractivity contribution is -0.125. The fourth-order valence-corrected chi connectivity index (χ4v) is 4.85. The zero-order valence-electron chi connectivity index (χ0n) is 21.1. The predicted molar refractivity (Wildman–Crippen MR) is 147 cm³/mol. The summed E-state index contributed by atoms with van der Waals surface area (Å²) in [6.07, 6.45) is 6.18. The minimum absolute atomic E-state index is 0.201. The third-order valence-electron chi connectivity index (χ3n) is 6.67. The second-order valence-corrected chi connectivity index (χ2v) is 10.1. The van der Waals surface area contributed by atoms with Gasteiger partial charge in [0.15, 0.2) is 0 Å². The molecule has 1 fully saturated rings. The average Bonchev–Trinajstić information content (AvgIpc) is 3.38. The highest BCUT2D eigenvalue weighted by Gasteiger charge is 2.23. The highest BCUT2D eigenvalue weighted by atomic mass is 35.5. The summed E-state index contributed by atoms with van der Waals surface area (Å²) in [5.74, 6) is -0.0258. The lowest BCUT2D eigenvalue weighted by Gasteiger charge is -2.23. The van der Waals surface area contributed by atoms with E-state index in [0.29, 0.717) is 46.0 Å².